The lowest BCUT2D eigenvalue weighted by molar-refractivity contribution is -0.154. The maximum atomic E-state index is 12.1. The summed E-state index contributed by atoms with van der Waals surface area (Å²) in [5.41, 5.74) is 0. The highest BCUT2D eigenvalue weighted by molar-refractivity contribution is 5.69. The van der Waals surface area contributed by atoms with Gasteiger partial charge in [0.2, 0.25) is 0 Å². The van der Waals surface area contributed by atoms with Crippen molar-refractivity contribution in [1.29, 1.82) is 0 Å². The Balaban J connectivity index is 3.83. The molecule has 0 unspecified atom stereocenters. The van der Waals surface area contributed by atoms with E-state index in [1.807, 2.05) is 0 Å². The van der Waals surface area contributed by atoms with Crippen LogP contribution in [0.15, 0.2) is 0 Å². The van der Waals surface area contributed by atoms with Gasteiger partial charge in [-0.15, -0.1) is 0 Å². The van der Waals surface area contributed by atoms with E-state index >= 15 is 0 Å². The van der Waals surface area contributed by atoms with Crippen LogP contribution in [0.3, 0.4) is 0 Å². The number of ether oxygens (including phenoxy) is 2. The Labute approximate surface area is 103 Å². The second kappa shape index (κ2) is 9.12. The zero-order chi connectivity index (χ0) is 14.0. The molecule has 0 bridgehead atoms. The minimum absolute atomic E-state index is 0.0266. The third-order valence-electron chi connectivity index (χ3n) is 1.96. The number of carboxylic acid groups (broad SMARTS) is 1. The molecule has 0 aliphatic carbocycles. The molecular formula is C10H18F3NO4. The zero-order valence-corrected chi connectivity index (χ0v) is 10.2. The van der Waals surface area contributed by atoms with E-state index in [2.05, 4.69) is 0 Å². The van der Waals surface area contributed by atoms with Gasteiger partial charge in [-0.05, 0) is 6.42 Å². The van der Waals surface area contributed by atoms with Crippen molar-refractivity contribution in [2.75, 3.05) is 46.6 Å². The van der Waals surface area contributed by atoms with Crippen LogP contribution in [0.25, 0.3) is 0 Å². The molecule has 0 radical (unpaired) electrons. The highest BCUT2D eigenvalue weighted by atomic mass is 19.4. The summed E-state index contributed by atoms with van der Waals surface area (Å²) < 4.78 is 46.3. The average molecular weight is 273 g/mol. The predicted molar refractivity (Wildman–Crippen MR) is 57.4 cm³/mol. The molecule has 0 amide bonds. The average Bonchev–Trinajstić information content (AvgIpc) is 2.19. The van der Waals surface area contributed by atoms with E-state index in [0.29, 0.717) is 19.6 Å². The largest absolute Gasteiger partial charge is 0.480 e. The second-order valence-corrected chi connectivity index (χ2v) is 3.68. The first-order chi connectivity index (χ1) is 8.35. The Hall–Kier alpha value is -0.860. The van der Waals surface area contributed by atoms with Crippen molar-refractivity contribution in [3.63, 3.8) is 0 Å². The summed E-state index contributed by atoms with van der Waals surface area (Å²) >= 11 is 0. The fraction of sp³-hybridized carbons (Fsp3) is 0.900. The number of carboxylic acids is 1. The number of nitrogens with zero attached hydrogens (tertiary/aromatic N) is 1. The quantitative estimate of drug-likeness (QED) is 0.601. The Kier molecular flexibility index (Phi) is 8.69. The maximum absolute atomic E-state index is 12.1. The summed E-state index contributed by atoms with van der Waals surface area (Å²) in [5, 5.41) is 8.50. The zero-order valence-electron chi connectivity index (χ0n) is 10.2. The van der Waals surface area contributed by atoms with Gasteiger partial charge in [-0.2, -0.15) is 13.2 Å². The summed E-state index contributed by atoms with van der Waals surface area (Å²) in [6, 6.07) is 0. The summed E-state index contributed by atoms with van der Waals surface area (Å²) in [6.45, 7) is -0.763. The summed E-state index contributed by atoms with van der Waals surface area (Å²) in [5.74, 6) is -1.28. The predicted octanol–water partition coefficient (Wildman–Crippen LogP) is 0.988. The van der Waals surface area contributed by atoms with Crippen molar-refractivity contribution in [1.82, 2.24) is 4.90 Å². The molecule has 0 saturated heterocycles. The first-order valence-electron chi connectivity index (χ1n) is 5.42. The van der Waals surface area contributed by atoms with Crippen LogP contribution >= 0.6 is 0 Å². The molecule has 5 nitrogen and oxygen atoms in total. The lowest BCUT2D eigenvalue weighted by atomic mass is 10.3. The van der Waals surface area contributed by atoms with Gasteiger partial charge in [-0.1, -0.05) is 0 Å². The number of aliphatic carboxylic acids is 1. The molecule has 0 aromatic rings. The lowest BCUT2D eigenvalue weighted by Crippen LogP contribution is -2.38. The molecule has 0 heterocycles. The SMILES string of the molecule is COCCOCCCN(CC(=O)O)CC(F)(F)F. The van der Waals surface area contributed by atoms with E-state index < -0.39 is 25.2 Å². The molecule has 0 spiro atoms. The van der Waals surface area contributed by atoms with E-state index in [0.717, 1.165) is 4.90 Å². The number of halogens is 3. The molecule has 0 aromatic carbocycles. The number of hydrogen-bond donors (Lipinski definition) is 1. The van der Waals surface area contributed by atoms with Gasteiger partial charge in [0.05, 0.1) is 26.3 Å². The molecule has 0 atom stereocenters. The van der Waals surface area contributed by atoms with Crippen molar-refractivity contribution in [3.8, 4) is 0 Å². The third kappa shape index (κ3) is 11.6. The van der Waals surface area contributed by atoms with Crippen LogP contribution in [0.1, 0.15) is 6.42 Å². The number of methoxy groups -OCH3 is 1. The molecule has 18 heavy (non-hydrogen) atoms. The molecule has 0 aromatic heterocycles. The highest BCUT2D eigenvalue weighted by Crippen LogP contribution is 2.16. The fourth-order valence-electron chi connectivity index (χ4n) is 1.29. The standard InChI is InChI=1S/C10H18F3NO4/c1-17-5-6-18-4-2-3-14(7-9(15)16)8-10(11,12)13/h2-8H2,1H3,(H,15,16). The number of carbonyl (C=O) groups is 1. The van der Waals surface area contributed by atoms with Crippen LogP contribution in [0.4, 0.5) is 13.2 Å². The van der Waals surface area contributed by atoms with Gasteiger partial charge in [0.15, 0.2) is 0 Å². The smallest absolute Gasteiger partial charge is 0.401 e. The summed E-state index contributed by atoms with van der Waals surface area (Å²) in [6.07, 6.45) is -4.06. The minimum atomic E-state index is -4.40. The number of hydrogen-bond acceptors (Lipinski definition) is 4. The fourth-order valence-corrected chi connectivity index (χ4v) is 1.29. The molecular weight excluding hydrogens is 255 g/mol. The van der Waals surface area contributed by atoms with Gasteiger partial charge in [0.1, 0.15) is 0 Å². The van der Waals surface area contributed by atoms with Crippen molar-refractivity contribution >= 4 is 5.97 Å². The summed E-state index contributed by atoms with van der Waals surface area (Å²) in [7, 11) is 1.52. The van der Waals surface area contributed by atoms with Crippen LogP contribution in [-0.4, -0.2) is 68.7 Å². The van der Waals surface area contributed by atoms with Crippen LogP contribution in [-0.2, 0) is 14.3 Å². The van der Waals surface area contributed by atoms with Crippen molar-refractivity contribution in [2.45, 2.75) is 12.6 Å². The van der Waals surface area contributed by atoms with E-state index in [1.165, 1.54) is 7.11 Å². The van der Waals surface area contributed by atoms with Gasteiger partial charge in [0.25, 0.3) is 0 Å². The molecule has 0 aliphatic heterocycles. The van der Waals surface area contributed by atoms with Gasteiger partial charge >= 0.3 is 12.1 Å². The molecule has 1 N–H and O–H groups in total. The van der Waals surface area contributed by atoms with Crippen molar-refractivity contribution in [3.05, 3.63) is 0 Å². The monoisotopic (exact) mass is 273 g/mol. The van der Waals surface area contributed by atoms with Crippen molar-refractivity contribution in [2.24, 2.45) is 0 Å². The topological polar surface area (TPSA) is 59.0 Å². The molecule has 108 valence electrons. The molecule has 0 fully saturated rings. The maximum Gasteiger partial charge on any atom is 0.401 e. The second-order valence-electron chi connectivity index (χ2n) is 3.68. The van der Waals surface area contributed by atoms with E-state index in [-0.39, 0.29) is 13.2 Å². The first-order valence-corrected chi connectivity index (χ1v) is 5.42. The minimum Gasteiger partial charge on any atom is -0.480 e. The molecule has 0 aliphatic rings. The van der Waals surface area contributed by atoms with Crippen LogP contribution in [0, 0.1) is 0 Å². The Bertz CT molecular complexity index is 236. The van der Waals surface area contributed by atoms with Crippen LogP contribution in [0.5, 0.6) is 0 Å². The van der Waals surface area contributed by atoms with Gasteiger partial charge in [-0.25, -0.2) is 0 Å². The third-order valence-corrected chi connectivity index (χ3v) is 1.96. The Morgan fingerprint density at radius 3 is 2.44 bits per heavy atom. The van der Waals surface area contributed by atoms with Gasteiger partial charge in [0, 0.05) is 20.3 Å². The normalized spacial score (nSPS) is 12.1. The highest BCUT2D eigenvalue weighted by Gasteiger charge is 2.31. The Morgan fingerprint density at radius 1 is 1.28 bits per heavy atom. The van der Waals surface area contributed by atoms with E-state index in [1.54, 1.807) is 0 Å². The lowest BCUT2D eigenvalue weighted by Gasteiger charge is -2.21. The van der Waals surface area contributed by atoms with Crippen molar-refractivity contribution < 1.29 is 32.5 Å². The number of alkyl halides is 3. The molecule has 0 rings (SSSR count). The summed E-state index contributed by atoms with van der Waals surface area (Å²) in [4.78, 5) is 11.2. The van der Waals surface area contributed by atoms with Crippen LogP contribution in [0.2, 0.25) is 0 Å². The van der Waals surface area contributed by atoms with E-state index in [4.69, 9.17) is 14.6 Å². The molecule has 8 heteroatoms. The number of rotatable bonds is 10. The van der Waals surface area contributed by atoms with E-state index in [9.17, 15) is 18.0 Å². The van der Waals surface area contributed by atoms with Gasteiger partial charge in [-0.3, -0.25) is 9.69 Å². The van der Waals surface area contributed by atoms with Gasteiger partial charge < -0.3 is 14.6 Å². The molecule has 0 saturated carbocycles. The Morgan fingerprint density at radius 2 is 1.94 bits per heavy atom. The first kappa shape index (κ1) is 17.1. The van der Waals surface area contributed by atoms with Crippen LogP contribution < -0.4 is 0 Å².